The highest BCUT2D eigenvalue weighted by molar-refractivity contribution is 7.99. The average molecular weight is 372 g/mol. The predicted molar refractivity (Wildman–Crippen MR) is 88.5 cm³/mol. The first kappa shape index (κ1) is 18.2. The summed E-state index contributed by atoms with van der Waals surface area (Å²) >= 11 is 1.48. The van der Waals surface area contributed by atoms with Crippen LogP contribution in [-0.4, -0.2) is 33.7 Å². The van der Waals surface area contributed by atoms with Crippen molar-refractivity contribution in [2.75, 3.05) is 19.0 Å². The van der Waals surface area contributed by atoms with Gasteiger partial charge in [-0.05, 0) is 37.0 Å². The molecule has 0 radical (unpaired) electrons. The molecule has 1 atom stereocenters. The normalized spacial score (nSPS) is 18.0. The predicted octanol–water partition coefficient (Wildman–Crippen LogP) is 3.26. The van der Waals surface area contributed by atoms with E-state index < -0.39 is 11.7 Å². The zero-order valence-corrected chi connectivity index (χ0v) is 14.3. The number of thioether (sulfide) groups is 1. The molecule has 0 spiro atoms. The molecule has 5 nitrogen and oxygen atoms in total. The number of alkyl halides is 3. The van der Waals surface area contributed by atoms with Crippen molar-refractivity contribution < 1.29 is 17.9 Å². The van der Waals surface area contributed by atoms with Gasteiger partial charge in [0, 0.05) is 19.0 Å². The monoisotopic (exact) mass is 372 g/mol. The van der Waals surface area contributed by atoms with Crippen molar-refractivity contribution in [2.24, 2.45) is 11.7 Å². The molecule has 2 aromatic rings. The molecule has 136 valence electrons. The Morgan fingerprint density at radius 1 is 1.32 bits per heavy atom. The van der Waals surface area contributed by atoms with Crippen LogP contribution in [0.1, 0.15) is 24.2 Å². The lowest BCUT2D eigenvalue weighted by Gasteiger charge is -2.13. The molecule has 1 aromatic carbocycles. The fourth-order valence-electron chi connectivity index (χ4n) is 2.73. The third-order valence-corrected chi connectivity index (χ3v) is 5.06. The average Bonchev–Trinajstić information content (AvgIpc) is 3.23. The van der Waals surface area contributed by atoms with Crippen LogP contribution in [0.15, 0.2) is 29.4 Å². The largest absolute Gasteiger partial charge is 0.416 e. The van der Waals surface area contributed by atoms with Crippen molar-refractivity contribution >= 4 is 11.8 Å². The summed E-state index contributed by atoms with van der Waals surface area (Å²) in [7, 11) is 0. The molecule has 25 heavy (non-hydrogen) atoms. The lowest BCUT2D eigenvalue weighted by molar-refractivity contribution is -0.137. The smallest absolute Gasteiger partial charge is 0.381 e. The van der Waals surface area contributed by atoms with Gasteiger partial charge in [0.25, 0.3) is 0 Å². The van der Waals surface area contributed by atoms with Crippen molar-refractivity contribution in [1.29, 1.82) is 0 Å². The van der Waals surface area contributed by atoms with Gasteiger partial charge in [-0.25, -0.2) is 0 Å². The van der Waals surface area contributed by atoms with E-state index in [1.807, 2.05) is 0 Å². The van der Waals surface area contributed by atoms with Gasteiger partial charge in [-0.15, -0.1) is 10.2 Å². The molecule has 2 N–H and O–H groups in total. The zero-order chi connectivity index (χ0) is 17.9. The summed E-state index contributed by atoms with van der Waals surface area (Å²) in [6.07, 6.45) is -2.38. The molecule has 3 rings (SSSR count). The minimum atomic E-state index is -4.40. The SMILES string of the molecule is NCc1nnc(SCC[C@H]2CCOC2)n1-c1cccc(C(F)(F)F)c1. The van der Waals surface area contributed by atoms with Crippen molar-refractivity contribution in [1.82, 2.24) is 14.8 Å². The number of rotatable bonds is 6. The molecule has 1 aliphatic rings. The maximum atomic E-state index is 13.0. The summed E-state index contributed by atoms with van der Waals surface area (Å²) in [5.74, 6) is 1.77. The Hall–Kier alpha value is -1.58. The highest BCUT2D eigenvalue weighted by Crippen LogP contribution is 2.32. The Balaban J connectivity index is 1.81. The fraction of sp³-hybridized carbons (Fsp3) is 0.500. The first-order valence-corrected chi connectivity index (χ1v) is 9.00. The van der Waals surface area contributed by atoms with E-state index in [0.29, 0.717) is 22.6 Å². The molecule has 9 heteroatoms. The van der Waals surface area contributed by atoms with Gasteiger partial charge in [-0.2, -0.15) is 13.2 Å². The van der Waals surface area contributed by atoms with Gasteiger partial charge in [0.1, 0.15) is 0 Å². The first-order chi connectivity index (χ1) is 12.0. The number of hydrogen-bond acceptors (Lipinski definition) is 5. The van der Waals surface area contributed by atoms with E-state index in [2.05, 4.69) is 10.2 Å². The quantitative estimate of drug-likeness (QED) is 0.789. The van der Waals surface area contributed by atoms with Crippen molar-refractivity contribution in [3.05, 3.63) is 35.7 Å². The topological polar surface area (TPSA) is 66.0 Å². The Morgan fingerprint density at radius 2 is 2.16 bits per heavy atom. The van der Waals surface area contributed by atoms with Crippen molar-refractivity contribution in [3.63, 3.8) is 0 Å². The second-order valence-electron chi connectivity index (χ2n) is 5.85. The maximum Gasteiger partial charge on any atom is 0.416 e. The molecule has 0 saturated carbocycles. The van der Waals surface area contributed by atoms with E-state index in [1.165, 1.54) is 17.8 Å². The molecular weight excluding hydrogens is 353 g/mol. The minimum absolute atomic E-state index is 0.0975. The van der Waals surface area contributed by atoms with Gasteiger partial charge < -0.3 is 10.5 Å². The number of benzene rings is 1. The standard InChI is InChI=1S/C16H19F3N4OS/c17-16(18,19)12-2-1-3-13(8-12)23-14(9-20)21-22-15(23)25-7-5-11-4-6-24-10-11/h1-3,8,11H,4-7,9-10,20H2/t11-/m1/s1. The lowest BCUT2D eigenvalue weighted by atomic mass is 10.1. The van der Waals surface area contributed by atoms with E-state index in [-0.39, 0.29) is 6.54 Å². The zero-order valence-electron chi connectivity index (χ0n) is 13.5. The van der Waals surface area contributed by atoms with Crippen LogP contribution in [0.25, 0.3) is 5.69 Å². The second-order valence-corrected chi connectivity index (χ2v) is 6.92. The highest BCUT2D eigenvalue weighted by atomic mass is 32.2. The van der Waals surface area contributed by atoms with Crippen LogP contribution in [0.5, 0.6) is 0 Å². The van der Waals surface area contributed by atoms with Crippen LogP contribution in [0.4, 0.5) is 13.2 Å². The summed E-state index contributed by atoms with van der Waals surface area (Å²) in [6.45, 7) is 1.67. The summed E-state index contributed by atoms with van der Waals surface area (Å²) in [5, 5.41) is 8.67. The van der Waals surface area contributed by atoms with Gasteiger partial charge in [0.05, 0.1) is 17.8 Å². The number of aromatic nitrogens is 3. The van der Waals surface area contributed by atoms with Gasteiger partial charge in [0.2, 0.25) is 0 Å². The second kappa shape index (κ2) is 7.76. The van der Waals surface area contributed by atoms with E-state index in [4.69, 9.17) is 10.5 Å². The van der Waals surface area contributed by atoms with Gasteiger partial charge in [0.15, 0.2) is 11.0 Å². The molecule has 1 aliphatic heterocycles. The highest BCUT2D eigenvalue weighted by Gasteiger charge is 2.31. The van der Waals surface area contributed by atoms with E-state index in [0.717, 1.165) is 43.9 Å². The van der Waals surface area contributed by atoms with Crippen LogP contribution in [0.3, 0.4) is 0 Å². The van der Waals surface area contributed by atoms with Crippen LogP contribution >= 0.6 is 11.8 Å². The molecule has 1 fully saturated rings. The lowest BCUT2D eigenvalue weighted by Crippen LogP contribution is -2.10. The first-order valence-electron chi connectivity index (χ1n) is 8.01. The Kier molecular flexibility index (Phi) is 5.65. The van der Waals surface area contributed by atoms with Gasteiger partial charge in [-0.3, -0.25) is 4.57 Å². The van der Waals surface area contributed by atoms with Crippen LogP contribution in [0, 0.1) is 5.92 Å². The third kappa shape index (κ3) is 4.34. The molecule has 0 bridgehead atoms. The number of hydrogen-bond donors (Lipinski definition) is 1. The Labute approximate surface area is 147 Å². The summed E-state index contributed by atoms with van der Waals surface area (Å²) < 4.78 is 45.9. The van der Waals surface area contributed by atoms with Crippen LogP contribution < -0.4 is 5.73 Å². The van der Waals surface area contributed by atoms with Crippen LogP contribution in [0.2, 0.25) is 0 Å². The number of halogens is 3. The van der Waals surface area contributed by atoms with Gasteiger partial charge >= 0.3 is 6.18 Å². The van der Waals surface area contributed by atoms with Crippen molar-refractivity contribution in [2.45, 2.75) is 30.7 Å². The number of nitrogens with zero attached hydrogens (tertiary/aromatic N) is 3. The third-order valence-electron chi connectivity index (χ3n) is 4.10. The summed E-state index contributed by atoms with van der Waals surface area (Å²) in [5.41, 5.74) is 5.34. The fourth-order valence-corrected chi connectivity index (χ4v) is 3.81. The summed E-state index contributed by atoms with van der Waals surface area (Å²) in [4.78, 5) is 0. The molecule has 2 heterocycles. The van der Waals surface area contributed by atoms with E-state index in [9.17, 15) is 13.2 Å². The molecule has 1 aromatic heterocycles. The molecule has 0 aliphatic carbocycles. The maximum absolute atomic E-state index is 13.0. The minimum Gasteiger partial charge on any atom is -0.381 e. The molecular formula is C16H19F3N4OS. The van der Waals surface area contributed by atoms with Crippen LogP contribution in [-0.2, 0) is 17.5 Å². The Morgan fingerprint density at radius 3 is 2.84 bits per heavy atom. The van der Waals surface area contributed by atoms with Crippen molar-refractivity contribution in [3.8, 4) is 5.69 Å². The molecule has 0 unspecified atom stereocenters. The Bertz CT molecular complexity index is 714. The summed E-state index contributed by atoms with van der Waals surface area (Å²) in [6, 6.07) is 5.12. The van der Waals surface area contributed by atoms with E-state index >= 15 is 0 Å². The number of ether oxygens (including phenoxy) is 1. The van der Waals surface area contributed by atoms with E-state index in [1.54, 1.807) is 10.6 Å². The molecule has 1 saturated heterocycles. The van der Waals surface area contributed by atoms with Gasteiger partial charge in [-0.1, -0.05) is 17.8 Å². The molecule has 0 amide bonds. The number of nitrogens with two attached hydrogens (primary N) is 1.